The van der Waals surface area contributed by atoms with Crippen molar-refractivity contribution in [2.75, 3.05) is 34.8 Å². The fourth-order valence-electron chi connectivity index (χ4n) is 5.15. The number of fused-ring (bicyclic) bond motifs is 1. The lowest BCUT2D eigenvalue weighted by Gasteiger charge is -2.25. The molecular weight excluding hydrogens is 480 g/mol. The van der Waals surface area contributed by atoms with E-state index in [1.165, 1.54) is 18.5 Å². The van der Waals surface area contributed by atoms with Crippen molar-refractivity contribution in [2.24, 2.45) is 0 Å². The molecular formula is C26H25F2N7O2. The minimum atomic E-state index is -0.484. The number of hydrogen-bond acceptors (Lipinski definition) is 7. The molecule has 0 spiro atoms. The van der Waals surface area contributed by atoms with E-state index in [1.54, 1.807) is 18.2 Å². The second kappa shape index (κ2) is 9.40. The summed E-state index contributed by atoms with van der Waals surface area (Å²) in [6, 6.07) is 8.37. The van der Waals surface area contributed by atoms with E-state index in [-0.39, 0.29) is 18.1 Å². The number of benzene rings is 1. The van der Waals surface area contributed by atoms with Crippen molar-refractivity contribution >= 4 is 34.3 Å². The fourth-order valence-corrected chi connectivity index (χ4v) is 5.15. The Morgan fingerprint density at radius 2 is 1.97 bits per heavy atom. The molecule has 5 heterocycles. The number of aliphatic hydroxyl groups excluding tert-OH is 1. The summed E-state index contributed by atoms with van der Waals surface area (Å²) in [5, 5.41) is 20.6. The highest BCUT2D eigenvalue weighted by Crippen LogP contribution is 2.39. The number of pyridine rings is 2. The average molecular weight is 506 g/mol. The molecule has 3 N–H and O–H groups in total. The number of amides is 1. The molecule has 2 aliphatic rings. The molecule has 2 atom stereocenters. The van der Waals surface area contributed by atoms with E-state index < -0.39 is 11.6 Å². The highest BCUT2D eigenvalue weighted by molar-refractivity contribution is 6.05. The second-order valence-corrected chi connectivity index (χ2v) is 9.43. The summed E-state index contributed by atoms with van der Waals surface area (Å²) < 4.78 is 28.4. The standard InChI is InChI=1S/C26H25F2N7O2/c27-16-4-5-21(28)19(10-16)22-2-1-8-35(22)25-20-11-17(13-30-24(20)32-33-25)31-26(37)15-3-6-23(29-12-15)34-9-7-18(36)14-34/h3-6,10-13,18,22,36H,1-2,7-9,14H2,(H,31,37)(H,30,32,33)/t18?,22-/m1/s1. The SMILES string of the molecule is O=C(Nc1cnc2[nH]nc(N3CCC[C@@H]3c3cc(F)ccc3F)c2c1)c1ccc(N2CCC(O)C2)nc1. The predicted molar refractivity (Wildman–Crippen MR) is 135 cm³/mol. The van der Waals surface area contributed by atoms with Crippen LogP contribution in [0.1, 0.15) is 41.2 Å². The van der Waals surface area contributed by atoms with Gasteiger partial charge < -0.3 is 20.2 Å². The topological polar surface area (TPSA) is 110 Å². The van der Waals surface area contributed by atoms with Gasteiger partial charge in [0.2, 0.25) is 0 Å². The first-order chi connectivity index (χ1) is 18.0. The van der Waals surface area contributed by atoms with Crippen molar-refractivity contribution in [3.63, 3.8) is 0 Å². The summed E-state index contributed by atoms with van der Waals surface area (Å²) >= 11 is 0. The van der Waals surface area contributed by atoms with Crippen molar-refractivity contribution in [1.29, 1.82) is 0 Å². The van der Waals surface area contributed by atoms with Crippen LogP contribution in [0.15, 0.2) is 48.8 Å². The molecule has 2 fully saturated rings. The zero-order valence-corrected chi connectivity index (χ0v) is 19.9. The number of β-amino-alcohol motifs (C(OH)–C–C–N with tert-alkyl or cyclic N) is 1. The van der Waals surface area contributed by atoms with Crippen LogP contribution in [0.25, 0.3) is 11.0 Å². The largest absolute Gasteiger partial charge is 0.391 e. The van der Waals surface area contributed by atoms with Gasteiger partial charge in [-0.15, -0.1) is 0 Å². The van der Waals surface area contributed by atoms with Crippen LogP contribution in [0.5, 0.6) is 0 Å². The molecule has 0 radical (unpaired) electrons. The molecule has 0 aliphatic carbocycles. The first-order valence-electron chi connectivity index (χ1n) is 12.2. The molecule has 1 unspecified atom stereocenters. The van der Waals surface area contributed by atoms with Gasteiger partial charge in [0, 0.05) is 31.4 Å². The van der Waals surface area contributed by atoms with Crippen molar-refractivity contribution in [3.8, 4) is 0 Å². The molecule has 2 saturated heterocycles. The van der Waals surface area contributed by atoms with Crippen molar-refractivity contribution in [2.45, 2.75) is 31.4 Å². The maximum Gasteiger partial charge on any atom is 0.257 e. The Morgan fingerprint density at radius 1 is 1.08 bits per heavy atom. The van der Waals surface area contributed by atoms with Crippen LogP contribution in [0.2, 0.25) is 0 Å². The maximum absolute atomic E-state index is 14.5. The molecule has 6 rings (SSSR count). The molecule has 1 aromatic carbocycles. The number of rotatable bonds is 5. The van der Waals surface area contributed by atoms with Crippen molar-refractivity contribution < 1.29 is 18.7 Å². The van der Waals surface area contributed by atoms with Crippen LogP contribution in [-0.2, 0) is 0 Å². The van der Waals surface area contributed by atoms with Crippen molar-refractivity contribution in [3.05, 3.63) is 71.6 Å². The lowest BCUT2D eigenvalue weighted by Crippen LogP contribution is -2.24. The monoisotopic (exact) mass is 505 g/mol. The molecule has 0 saturated carbocycles. The zero-order valence-electron chi connectivity index (χ0n) is 19.9. The quantitative estimate of drug-likeness (QED) is 0.379. The van der Waals surface area contributed by atoms with E-state index in [1.807, 2.05) is 9.80 Å². The number of anilines is 3. The minimum absolute atomic E-state index is 0.297. The molecule has 4 aromatic rings. The Bertz CT molecular complexity index is 1460. The highest BCUT2D eigenvalue weighted by Gasteiger charge is 2.31. The second-order valence-electron chi connectivity index (χ2n) is 9.43. The van der Waals surface area contributed by atoms with Crippen LogP contribution in [0, 0.1) is 11.6 Å². The summed E-state index contributed by atoms with van der Waals surface area (Å²) in [5.74, 6) is 0.0115. The third-order valence-electron chi connectivity index (χ3n) is 6.99. The number of nitrogens with one attached hydrogen (secondary N) is 2. The van der Waals surface area contributed by atoms with Gasteiger partial charge in [0.05, 0.1) is 35.0 Å². The Balaban J connectivity index is 1.23. The number of aliphatic hydroxyl groups is 1. The van der Waals surface area contributed by atoms with Gasteiger partial charge in [-0.3, -0.25) is 9.89 Å². The third kappa shape index (κ3) is 4.46. The molecule has 3 aromatic heterocycles. The zero-order chi connectivity index (χ0) is 25.5. The van der Waals surface area contributed by atoms with E-state index in [0.717, 1.165) is 25.1 Å². The Morgan fingerprint density at radius 3 is 2.76 bits per heavy atom. The van der Waals surface area contributed by atoms with Gasteiger partial charge in [-0.25, -0.2) is 18.7 Å². The Labute approximate surface area is 211 Å². The lowest BCUT2D eigenvalue weighted by atomic mass is 10.0. The van der Waals surface area contributed by atoms with Gasteiger partial charge in [-0.2, -0.15) is 5.10 Å². The van der Waals surface area contributed by atoms with Gasteiger partial charge in [0.15, 0.2) is 11.5 Å². The van der Waals surface area contributed by atoms with Crippen LogP contribution in [-0.4, -0.2) is 56.9 Å². The number of aromatic amines is 1. The summed E-state index contributed by atoms with van der Waals surface area (Å²) in [7, 11) is 0. The highest BCUT2D eigenvalue weighted by atomic mass is 19.1. The molecule has 37 heavy (non-hydrogen) atoms. The predicted octanol–water partition coefficient (Wildman–Crippen LogP) is 3.80. The van der Waals surface area contributed by atoms with Crippen molar-refractivity contribution in [1.82, 2.24) is 20.2 Å². The molecule has 2 aliphatic heterocycles. The first-order valence-corrected chi connectivity index (χ1v) is 12.2. The molecule has 9 nitrogen and oxygen atoms in total. The van der Waals surface area contributed by atoms with E-state index in [0.29, 0.717) is 65.4 Å². The number of nitrogens with zero attached hydrogens (tertiary/aromatic N) is 5. The van der Waals surface area contributed by atoms with Crippen LogP contribution >= 0.6 is 0 Å². The molecule has 190 valence electrons. The van der Waals surface area contributed by atoms with E-state index >= 15 is 0 Å². The molecule has 1 amide bonds. The van der Waals surface area contributed by atoms with E-state index in [9.17, 15) is 18.7 Å². The average Bonchev–Trinajstić information content (AvgIpc) is 3.65. The third-order valence-corrected chi connectivity index (χ3v) is 6.99. The summed E-state index contributed by atoms with van der Waals surface area (Å²) in [6.45, 7) is 1.88. The Hall–Kier alpha value is -4.12. The normalized spacial score (nSPS) is 19.6. The lowest BCUT2D eigenvalue weighted by molar-refractivity contribution is 0.102. The van der Waals surface area contributed by atoms with Crippen LogP contribution in [0.3, 0.4) is 0 Å². The van der Waals surface area contributed by atoms with E-state index in [2.05, 4.69) is 25.5 Å². The summed E-state index contributed by atoms with van der Waals surface area (Å²) in [5.41, 5.74) is 1.68. The minimum Gasteiger partial charge on any atom is -0.391 e. The maximum atomic E-state index is 14.5. The van der Waals surface area contributed by atoms with Gasteiger partial charge >= 0.3 is 0 Å². The van der Waals surface area contributed by atoms with Gasteiger partial charge in [0.25, 0.3) is 5.91 Å². The fraction of sp³-hybridized carbons (Fsp3) is 0.308. The first kappa shape index (κ1) is 23.3. The summed E-state index contributed by atoms with van der Waals surface area (Å²) in [6.07, 6.45) is 4.85. The Kier molecular flexibility index (Phi) is 5.91. The number of hydrogen-bond donors (Lipinski definition) is 3. The number of H-pyrrole nitrogens is 1. The van der Waals surface area contributed by atoms with Crippen LogP contribution < -0.4 is 15.1 Å². The number of aromatic nitrogens is 4. The number of halogens is 2. The van der Waals surface area contributed by atoms with Crippen LogP contribution in [0.4, 0.5) is 26.1 Å². The van der Waals surface area contributed by atoms with Gasteiger partial charge in [0.1, 0.15) is 17.5 Å². The van der Waals surface area contributed by atoms with Gasteiger partial charge in [-0.1, -0.05) is 0 Å². The number of carbonyl (C=O) groups excluding carboxylic acids is 1. The molecule has 11 heteroatoms. The van der Waals surface area contributed by atoms with E-state index in [4.69, 9.17) is 0 Å². The van der Waals surface area contributed by atoms with Gasteiger partial charge in [-0.05, 0) is 55.7 Å². The number of carbonyl (C=O) groups is 1. The summed E-state index contributed by atoms with van der Waals surface area (Å²) in [4.78, 5) is 25.6. The molecule has 0 bridgehead atoms. The smallest absolute Gasteiger partial charge is 0.257 e.